The average molecular weight is 679 g/mol. The Morgan fingerprint density at radius 3 is 1.71 bits per heavy atom. The van der Waals surface area contributed by atoms with Gasteiger partial charge in [-0.3, -0.25) is 0 Å². The highest BCUT2D eigenvalue weighted by molar-refractivity contribution is 5.94. The molecule has 0 heterocycles. The average Bonchev–Trinajstić information content (AvgIpc) is 3.05. The summed E-state index contributed by atoms with van der Waals surface area (Å²) in [5, 5.41) is 22.3. The molecule has 0 spiro atoms. The molecule has 2 rings (SSSR count). The van der Waals surface area contributed by atoms with Gasteiger partial charge in [0, 0.05) is 31.5 Å². The fourth-order valence-electron chi connectivity index (χ4n) is 6.80. The first-order valence-corrected chi connectivity index (χ1v) is 18.4. The van der Waals surface area contributed by atoms with Crippen molar-refractivity contribution < 1.29 is 19.1 Å². The van der Waals surface area contributed by atoms with Crippen molar-refractivity contribution in [3.63, 3.8) is 0 Å². The lowest BCUT2D eigenvalue weighted by molar-refractivity contribution is -0.136. The Hall–Kier alpha value is -3.52. The number of esters is 2. The molecule has 0 bridgehead atoms. The molecule has 2 atom stereocenters. The number of nitrogens with one attached hydrogen (secondary N) is 1. The van der Waals surface area contributed by atoms with Crippen LogP contribution in [0.25, 0.3) is 0 Å². The highest BCUT2D eigenvalue weighted by atomic mass is 16.5. The number of hydrogen-bond acceptors (Lipinski definition) is 8. The number of ether oxygens (including phenoxy) is 2. The molecule has 0 fully saturated rings. The molecule has 0 saturated carbocycles. The van der Waals surface area contributed by atoms with E-state index in [2.05, 4.69) is 72.7 Å². The van der Waals surface area contributed by atoms with Crippen molar-refractivity contribution in [1.29, 1.82) is 10.5 Å². The molecule has 8 heteroatoms. The molecule has 0 aliphatic heterocycles. The zero-order chi connectivity index (χ0) is 37.2. The SMILES string of the molecule is CCCCC(CC)CN(C)C1=C/C(=C(/C#N)C(=O)OC)CC(C)(C)C1.CCCCC(CC)CNC1=C/C(=C(/C#N)C(=O)OC)CC(C)(C)C1. The highest BCUT2D eigenvalue weighted by Crippen LogP contribution is 2.41. The summed E-state index contributed by atoms with van der Waals surface area (Å²) in [5.74, 6) is 0.261. The van der Waals surface area contributed by atoms with Gasteiger partial charge in [-0.2, -0.15) is 10.5 Å². The molecule has 1 N–H and O–H groups in total. The molecular formula is C41H66N4O4. The minimum atomic E-state index is -0.546. The number of rotatable bonds is 16. The third-order valence-corrected chi connectivity index (χ3v) is 9.73. The maximum absolute atomic E-state index is 11.9. The normalized spacial score (nSPS) is 19.6. The van der Waals surface area contributed by atoms with Crippen molar-refractivity contribution in [3.05, 3.63) is 45.8 Å². The largest absolute Gasteiger partial charge is 0.465 e. The lowest BCUT2D eigenvalue weighted by Gasteiger charge is -2.37. The van der Waals surface area contributed by atoms with E-state index in [4.69, 9.17) is 9.47 Å². The lowest BCUT2D eigenvalue weighted by Crippen LogP contribution is -2.31. The molecular weight excluding hydrogens is 612 g/mol. The zero-order valence-electron chi connectivity index (χ0n) is 32.7. The first-order valence-electron chi connectivity index (χ1n) is 18.4. The maximum Gasteiger partial charge on any atom is 0.348 e. The molecule has 8 nitrogen and oxygen atoms in total. The molecule has 2 aliphatic rings. The van der Waals surface area contributed by atoms with Crippen LogP contribution in [0.1, 0.15) is 132 Å². The van der Waals surface area contributed by atoms with Gasteiger partial charge < -0.3 is 19.7 Å². The molecule has 0 amide bonds. The van der Waals surface area contributed by atoms with Crippen LogP contribution in [-0.2, 0) is 19.1 Å². The topological polar surface area (TPSA) is 115 Å². The summed E-state index contributed by atoms with van der Waals surface area (Å²) in [5.41, 5.74) is 4.22. The third kappa shape index (κ3) is 14.9. The molecule has 2 unspecified atom stereocenters. The molecule has 0 aromatic rings. The van der Waals surface area contributed by atoms with Gasteiger partial charge >= 0.3 is 11.9 Å². The lowest BCUT2D eigenvalue weighted by atomic mass is 9.75. The standard InChI is InChI=1S/C21H34N2O2.C20H32N2O2/c1-7-9-10-16(8-2)15-23(5)18-11-17(12-21(3,4)13-18)19(14-22)20(24)25-6;1-6-8-9-15(7-2)14-22-17-10-16(11-20(3,4)12-17)18(13-21)19(23)24-5/h11,16H,7-10,12-13,15H2,1-6H3;10,15,22H,6-9,11-12,14H2,1-5H3/b19-17+;18-16+. The van der Waals surface area contributed by atoms with Crippen LogP contribution in [0.3, 0.4) is 0 Å². The van der Waals surface area contributed by atoms with Gasteiger partial charge in [0.2, 0.25) is 0 Å². The third-order valence-electron chi connectivity index (χ3n) is 9.73. The van der Waals surface area contributed by atoms with E-state index in [0.717, 1.165) is 55.6 Å². The number of methoxy groups -OCH3 is 2. The fraction of sp³-hybridized carbons (Fsp3) is 0.707. The van der Waals surface area contributed by atoms with E-state index in [1.165, 1.54) is 64.9 Å². The monoisotopic (exact) mass is 679 g/mol. The number of nitrogens with zero attached hydrogens (tertiary/aromatic N) is 3. The van der Waals surface area contributed by atoms with E-state index < -0.39 is 11.9 Å². The quantitative estimate of drug-likeness (QED) is 0.0976. The van der Waals surface area contributed by atoms with Gasteiger partial charge in [-0.25, -0.2) is 9.59 Å². The van der Waals surface area contributed by atoms with Crippen LogP contribution < -0.4 is 5.32 Å². The van der Waals surface area contributed by atoms with Gasteiger partial charge in [-0.1, -0.05) is 93.9 Å². The molecule has 0 radical (unpaired) electrons. The summed E-state index contributed by atoms with van der Waals surface area (Å²) < 4.78 is 9.54. The number of carbonyl (C=O) groups excluding carboxylic acids is 2. The predicted octanol–water partition coefficient (Wildman–Crippen LogP) is 9.32. The number of allylic oxidation sites excluding steroid dienone is 6. The zero-order valence-corrected chi connectivity index (χ0v) is 32.7. The first-order chi connectivity index (χ1) is 23.1. The van der Waals surface area contributed by atoms with Gasteiger partial charge in [0.1, 0.15) is 23.3 Å². The molecule has 0 aromatic heterocycles. The molecule has 274 valence electrons. The second-order valence-electron chi connectivity index (χ2n) is 15.4. The number of unbranched alkanes of at least 4 members (excludes halogenated alkanes) is 2. The number of carbonyl (C=O) groups is 2. The van der Waals surface area contributed by atoms with Gasteiger partial charge in [-0.05, 0) is 84.5 Å². The van der Waals surface area contributed by atoms with Crippen molar-refractivity contribution in [3.8, 4) is 12.1 Å². The molecule has 0 aromatic carbocycles. The number of nitriles is 2. The van der Waals surface area contributed by atoms with Crippen molar-refractivity contribution in [2.24, 2.45) is 22.7 Å². The van der Waals surface area contributed by atoms with Crippen LogP contribution in [0.5, 0.6) is 0 Å². The Balaban J connectivity index is 0.000000490. The summed E-state index contributed by atoms with van der Waals surface area (Å²) in [7, 11) is 4.77. The highest BCUT2D eigenvalue weighted by Gasteiger charge is 2.31. The van der Waals surface area contributed by atoms with Gasteiger partial charge in [0.15, 0.2) is 0 Å². The van der Waals surface area contributed by atoms with E-state index in [1.807, 2.05) is 24.3 Å². The second kappa shape index (κ2) is 21.5. The van der Waals surface area contributed by atoms with Crippen molar-refractivity contribution in [2.45, 2.75) is 132 Å². The van der Waals surface area contributed by atoms with E-state index in [1.54, 1.807) is 0 Å². The van der Waals surface area contributed by atoms with E-state index in [9.17, 15) is 20.1 Å². The van der Waals surface area contributed by atoms with Crippen LogP contribution in [0.4, 0.5) is 0 Å². The minimum absolute atomic E-state index is 0.0215. The summed E-state index contributed by atoms with van der Waals surface area (Å²) in [6.07, 6.45) is 17.1. The van der Waals surface area contributed by atoms with Crippen LogP contribution >= 0.6 is 0 Å². The summed E-state index contributed by atoms with van der Waals surface area (Å²) >= 11 is 0. The maximum atomic E-state index is 11.9. The van der Waals surface area contributed by atoms with Gasteiger partial charge in [0.25, 0.3) is 0 Å². The second-order valence-corrected chi connectivity index (χ2v) is 15.4. The predicted molar refractivity (Wildman–Crippen MR) is 199 cm³/mol. The summed E-state index contributed by atoms with van der Waals surface area (Å²) in [6.45, 7) is 19.6. The van der Waals surface area contributed by atoms with E-state index in [0.29, 0.717) is 18.3 Å². The van der Waals surface area contributed by atoms with Gasteiger partial charge in [0.05, 0.1) is 14.2 Å². The van der Waals surface area contributed by atoms with Crippen molar-refractivity contribution >= 4 is 11.9 Å². The Bertz CT molecular complexity index is 1310. The van der Waals surface area contributed by atoms with Crippen LogP contribution in [0, 0.1) is 45.3 Å². The smallest absolute Gasteiger partial charge is 0.348 e. The Kier molecular flexibility index (Phi) is 19.1. The van der Waals surface area contributed by atoms with E-state index >= 15 is 0 Å². The van der Waals surface area contributed by atoms with Crippen LogP contribution in [0.2, 0.25) is 0 Å². The van der Waals surface area contributed by atoms with E-state index in [-0.39, 0.29) is 22.0 Å². The first kappa shape index (κ1) is 43.5. The summed E-state index contributed by atoms with van der Waals surface area (Å²) in [4.78, 5) is 26.1. The number of hydrogen-bond donors (Lipinski definition) is 1. The fourth-order valence-corrected chi connectivity index (χ4v) is 6.80. The Labute approximate surface area is 298 Å². The molecule has 2 aliphatic carbocycles. The van der Waals surface area contributed by atoms with Crippen LogP contribution in [-0.4, -0.2) is 51.2 Å². The Morgan fingerprint density at radius 2 is 1.27 bits per heavy atom. The van der Waals surface area contributed by atoms with Crippen molar-refractivity contribution in [2.75, 3.05) is 34.4 Å². The van der Waals surface area contributed by atoms with Crippen molar-refractivity contribution in [1.82, 2.24) is 10.2 Å². The summed E-state index contributed by atoms with van der Waals surface area (Å²) in [6, 6.07) is 4.06. The van der Waals surface area contributed by atoms with Crippen LogP contribution in [0.15, 0.2) is 45.8 Å². The molecule has 49 heavy (non-hydrogen) atoms. The minimum Gasteiger partial charge on any atom is -0.465 e. The Morgan fingerprint density at radius 1 is 0.796 bits per heavy atom. The van der Waals surface area contributed by atoms with Gasteiger partial charge in [-0.15, -0.1) is 0 Å². The molecule has 0 saturated heterocycles.